The second kappa shape index (κ2) is 4.72. The molecule has 0 aromatic carbocycles. The van der Waals surface area contributed by atoms with Crippen LogP contribution in [0.5, 0.6) is 0 Å². The van der Waals surface area contributed by atoms with Gasteiger partial charge in [-0.15, -0.1) is 0 Å². The van der Waals surface area contributed by atoms with E-state index in [1.54, 1.807) is 24.8 Å². The lowest BCUT2D eigenvalue weighted by Crippen LogP contribution is -2.03. The van der Waals surface area contributed by atoms with E-state index in [2.05, 4.69) is 25.9 Å². The second-order valence-electron chi connectivity index (χ2n) is 3.57. The number of aromatic nitrogens is 2. The molecule has 1 atom stereocenters. The van der Waals surface area contributed by atoms with Gasteiger partial charge in [0.15, 0.2) is 0 Å². The first-order valence-electron chi connectivity index (χ1n) is 4.87. The number of pyridine rings is 2. The van der Waals surface area contributed by atoms with Crippen LogP contribution in [0.2, 0.25) is 0 Å². The first-order chi connectivity index (χ1) is 7.68. The van der Waals surface area contributed by atoms with Crippen molar-refractivity contribution >= 4 is 15.9 Å². The van der Waals surface area contributed by atoms with Gasteiger partial charge in [-0.05, 0) is 40.5 Å². The van der Waals surface area contributed by atoms with Crippen molar-refractivity contribution in [3.05, 3.63) is 58.1 Å². The molecule has 0 aliphatic carbocycles. The third-order valence-corrected chi connectivity index (χ3v) is 2.85. The average Bonchev–Trinajstić information content (AvgIpc) is 2.29. The first kappa shape index (κ1) is 11.2. The van der Waals surface area contributed by atoms with Crippen molar-refractivity contribution < 1.29 is 5.11 Å². The minimum atomic E-state index is -0.682. The molecule has 0 spiro atoms. The van der Waals surface area contributed by atoms with Crippen molar-refractivity contribution in [2.75, 3.05) is 0 Å². The highest BCUT2D eigenvalue weighted by atomic mass is 79.9. The summed E-state index contributed by atoms with van der Waals surface area (Å²) in [6.45, 7) is 1.95. The molecule has 0 aliphatic heterocycles. The highest BCUT2D eigenvalue weighted by Gasteiger charge is 2.13. The zero-order valence-electron chi connectivity index (χ0n) is 8.76. The smallest absolute Gasteiger partial charge is 0.107 e. The fraction of sp³-hybridized carbons (Fsp3) is 0.167. The van der Waals surface area contributed by atoms with Crippen LogP contribution in [-0.2, 0) is 0 Å². The Labute approximate surface area is 102 Å². The summed E-state index contributed by atoms with van der Waals surface area (Å²) >= 11 is 3.33. The zero-order chi connectivity index (χ0) is 11.5. The Morgan fingerprint density at radius 1 is 1.25 bits per heavy atom. The standard InChI is InChI=1S/C12H11BrN2O/c1-8-2-3-14-7-11(8)12(16)9-4-10(13)6-15-5-9/h2-7,12,16H,1H3. The highest BCUT2D eigenvalue weighted by molar-refractivity contribution is 9.10. The third-order valence-electron chi connectivity index (χ3n) is 2.42. The molecular weight excluding hydrogens is 268 g/mol. The number of aryl methyl sites for hydroxylation is 1. The van der Waals surface area contributed by atoms with Crippen molar-refractivity contribution in [3.63, 3.8) is 0 Å². The molecule has 2 aromatic heterocycles. The minimum absolute atomic E-state index is 0.682. The Morgan fingerprint density at radius 3 is 2.75 bits per heavy atom. The molecule has 16 heavy (non-hydrogen) atoms. The number of hydrogen-bond donors (Lipinski definition) is 1. The number of halogens is 1. The van der Waals surface area contributed by atoms with Gasteiger partial charge in [-0.25, -0.2) is 0 Å². The second-order valence-corrected chi connectivity index (χ2v) is 4.49. The Hall–Kier alpha value is -1.26. The van der Waals surface area contributed by atoms with Gasteiger partial charge >= 0.3 is 0 Å². The van der Waals surface area contributed by atoms with E-state index in [4.69, 9.17) is 0 Å². The molecule has 0 saturated heterocycles. The summed E-state index contributed by atoms with van der Waals surface area (Å²) in [5.41, 5.74) is 2.58. The predicted octanol–water partition coefficient (Wildman–Crippen LogP) is 2.63. The van der Waals surface area contributed by atoms with E-state index in [0.29, 0.717) is 0 Å². The van der Waals surface area contributed by atoms with Crippen LogP contribution in [0, 0.1) is 6.92 Å². The molecule has 2 heterocycles. The molecular formula is C12H11BrN2O. The van der Waals surface area contributed by atoms with Gasteiger partial charge in [0.1, 0.15) is 6.10 Å². The van der Waals surface area contributed by atoms with E-state index < -0.39 is 6.10 Å². The molecule has 0 radical (unpaired) electrons. The van der Waals surface area contributed by atoms with Gasteiger partial charge in [-0.1, -0.05) is 0 Å². The molecule has 0 fully saturated rings. The number of aliphatic hydroxyl groups excluding tert-OH is 1. The van der Waals surface area contributed by atoms with Crippen LogP contribution < -0.4 is 0 Å². The molecule has 0 aliphatic rings. The van der Waals surface area contributed by atoms with Gasteiger partial charge in [-0.3, -0.25) is 9.97 Å². The highest BCUT2D eigenvalue weighted by Crippen LogP contribution is 2.24. The summed E-state index contributed by atoms with van der Waals surface area (Å²) in [6.07, 6.45) is 6.05. The molecule has 0 amide bonds. The largest absolute Gasteiger partial charge is 0.384 e. The van der Waals surface area contributed by atoms with Gasteiger partial charge in [-0.2, -0.15) is 0 Å². The number of hydrogen-bond acceptors (Lipinski definition) is 3. The molecule has 0 bridgehead atoms. The lowest BCUT2D eigenvalue weighted by atomic mass is 10.0. The molecule has 1 N–H and O–H groups in total. The van der Waals surface area contributed by atoms with Crippen LogP contribution in [0.15, 0.2) is 41.4 Å². The van der Waals surface area contributed by atoms with Crippen molar-refractivity contribution in [2.24, 2.45) is 0 Å². The molecule has 2 rings (SSSR count). The minimum Gasteiger partial charge on any atom is -0.384 e. The normalized spacial score (nSPS) is 12.4. The van der Waals surface area contributed by atoms with E-state index in [1.807, 2.05) is 19.1 Å². The quantitative estimate of drug-likeness (QED) is 0.919. The number of rotatable bonds is 2. The lowest BCUT2D eigenvalue weighted by Gasteiger charge is -2.13. The van der Waals surface area contributed by atoms with Gasteiger partial charge in [0.2, 0.25) is 0 Å². The van der Waals surface area contributed by atoms with Crippen LogP contribution in [0.25, 0.3) is 0 Å². The summed E-state index contributed by atoms with van der Waals surface area (Å²) in [5.74, 6) is 0. The molecule has 82 valence electrons. The maximum atomic E-state index is 10.2. The maximum absolute atomic E-state index is 10.2. The van der Waals surface area contributed by atoms with Gasteiger partial charge in [0.25, 0.3) is 0 Å². The molecule has 2 aromatic rings. The Morgan fingerprint density at radius 2 is 2.06 bits per heavy atom. The van der Waals surface area contributed by atoms with Gasteiger partial charge in [0, 0.05) is 40.4 Å². The van der Waals surface area contributed by atoms with Crippen LogP contribution in [-0.4, -0.2) is 15.1 Å². The fourth-order valence-corrected chi connectivity index (χ4v) is 1.90. The Kier molecular flexibility index (Phi) is 3.31. The average molecular weight is 279 g/mol. The van der Waals surface area contributed by atoms with Gasteiger partial charge < -0.3 is 5.11 Å². The summed E-state index contributed by atoms with van der Waals surface area (Å²) in [4.78, 5) is 8.06. The van der Waals surface area contributed by atoms with E-state index in [0.717, 1.165) is 21.2 Å². The van der Waals surface area contributed by atoms with Crippen molar-refractivity contribution in [1.29, 1.82) is 0 Å². The van der Waals surface area contributed by atoms with Crippen molar-refractivity contribution in [3.8, 4) is 0 Å². The molecule has 0 saturated carbocycles. The summed E-state index contributed by atoms with van der Waals surface area (Å²) in [5, 5.41) is 10.2. The van der Waals surface area contributed by atoms with E-state index in [-0.39, 0.29) is 0 Å². The van der Waals surface area contributed by atoms with Crippen LogP contribution in [0.3, 0.4) is 0 Å². The summed E-state index contributed by atoms with van der Waals surface area (Å²) in [6, 6.07) is 3.73. The van der Waals surface area contributed by atoms with Gasteiger partial charge in [0.05, 0.1) is 0 Å². The zero-order valence-corrected chi connectivity index (χ0v) is 10.3. The molecule has 1 unspecified atom stereocenters. The Balaban J connectivity index is 2.39. The summed E-state index contributed by atoms with van der Waals surface area (Å²) in [7, 11) is 0. The molecule has 3 nitrogen and oxygen atoms in total. The number of nitrogens with zero attached hydrogens (tertiary/aromatic N) is 2. The van der Waals surface area contributed by atoms with Crippen LogP contribution in [0.1, 0.15) is 22.8 Å². The topological polar surface area (TPSA) is 46.0 Å². The monoisotopic (exact) mass is 278 g/mol. The third kappa shape index (κ3) is 2.28. The van der Waals surface area contributed by atoms with Crippen LogP contribution in [0.4, 0.5) is 0 Å². The lowest BCUT2D eigenvalue weighted by molar-refractivity contribution is 0.218. The summed E-state index contributed by atoms with van der Waals surface area (Å²) < 4.78 is 0.852. The van der Waals surface area contributed by atoms with E-state index >= 15 is 0 Å². The Bertz CT molecular complexity index is 502. The number of aliphatic hydroxyl groups is 1. The van der Waals surface area contributed by atoms with Crippen molar-refractivity contribution in [1.82, 2.24) is 9.97 Å². The SMILES string of the molecule is Cc1ccncc1C(O)c1cncc(Br)c1. The molecule has 4 heteroatoms. The predicted molar refractivity (Wildman–Crippen MR) is 65.0 cm³/mol. The van der Waals surface area contributed by atoms with Crippen LogP contribution >= 0.6 is 15.9 Å². The first-order valence-corrected chi connectivity index (χ1v) is 5.67. The fourth-order valence-electron chi connectivity index (χ4n) is 1.52. The van der Waals surface area contributed by atoms with E-state index in [1.165, 1.54) is 0 Å². The van der Waals surface area contributed by atoms with E-state index in [9.17, 15) is 5.11 Å². The van der Waals surface area contributed by atoms with Crippen molar-refractivity contribution in [2.45, 2.75) is 13.0 Å². The maximum Gasteiger partial charge on any atom is 0.107 e.